The predicted octanol–water partition coefficient (Wildman–Crippen LogP) is 1.90. The van der Waals surface area contributed by atoms with Crippen molar-refractivity contribution in [2.45, 2.75) is 0 Å². The second-order valence-electron chi connectivity index (χ2n) is 0.289. The van der Waals surface area contributed by atoms with Crippen LogP contribution in [-0.2, 0) is 17.1 Å². The Morgan fingerprint density at radius 3 is 1.33 bits per heavy atom. The summed E-state index contributed by atoms with van der Waals surface area (Å²) in [6.45, 7) is 6.50. The third-order valence-electron chi connectivity index (χ3n) is 0. The Kier molecular flexibility index (Phi) is 406. The first-order valence-electron chi connectivity index (χ1n) is 0.816. The summed E-state index contributed by atoms with van der Waals surface area (Å²) < 4.78 is 0. The molecule has 0 aliphatic heterocycles. The van der Waals surface area contributed by atoms with Crippen molar-refractivity contribution >= 4 is 0 Å². The molecule has 0 aromatic heterocycles. The maximum absolute atomic E-state index is 3.25. The van der Waals surface area contributed by atoms with E-state index in [1.807, 2.05) is 0 Å². The second-order valence-corrected chi connectivity index (χ2v) is 0.289. The number of hydrogen-bond donors (Lipinski definition) is 0. The van der Waals surface area contributed by atoms with E-state index >= 15 is 0 Å². The molecule has 0 saturated carbocycles. The minimum atomic E-state index is 0. The van der Waals surface area contributed by atoms with Crippen LogP contribution in [-0.4, -0.2) is 0 Å². The molecule has 0 nitrogen and oxygen atoms in total. The summed E-state index contributed by atoms with van der Waals surface area (Å²) >= 11 is 0. The Morgan fingerprint density at radius 2 is 1.33 bits per heavy atom. The largest absolute Gasteiger partial charge is 0.358 e. The van der Waals surface area contributed by atoms with Gasteiger partial charge >= 0.3 is 0 Å². The molecule has 0 bridgehead atoms. The van der Waals surface area contributed by atoms with Gasteiger partial charge in [-0.2, -0.15) is 0 Å². The summed E-state index contributed by atoms with van der Waals surface area (Å²) in [6, 6.07) is 0. The van der Waals surface area contributed by atoms with Crippen molar-refractivity contribution in [1.82, 2.24) is 0 Å². The van der Waals surface area contributed by atoms with Crippen LogP contribution in [0.25, 0.3) is 0 Å². The SMILES string of the molecule is C=C[CH2-].[CH3-].[CH3-].[Cu]. The van der Waals surface area contributed by atoms with Crippen LogP contribution in [0.3, 0.4) is 0 Å². The van der Waals surface area contributed by atoms with E-state index < -0.39 is 0 Å². The van der Waals surface area contributed by atoms with Crippen LogP contribution in [0.4, 0.5) is 0 Å². The fourth-order valence-electron chi connectivity index (χ4n) is 0. The average molecular weight is 135 g/mol. The van der Waals surface area contributed by atoms with Crippen molar-refractivity contribution in [2.24, 2.45) is 0 Å². The summed E-state index contributed by atoms with van der Waals surface area (Å²) in [6.07, 6.45) is 1.50. The molecule has 0 unspecified atom stereocenters. The molecule has 0 fully saturated rings. The Bertz CT molecular complexity index is 11.4. The minimum Gasteiger partial charge on any atom is -0.358 e. The summed E-state index contributed by atoms with van der Waals surface area (Å²) in [7, 11) is 0. The Morgan fingerprint density at radius 1 is 1.33 bits per heavy atom. The molecule has 0 atom stereocenters. The molecule has 0 saturated heterocycles. The van der Waals surface area contributed by atoms with Crippen molar-refractivity contribution in [3.8, 4) is 0 Å². The molecule has 45 valence electrons. The van der Waals surface area contributed by atoms with E-state index in [1.54, 1.807) is 0 Å². The molecule has 1 heteroatoms. The van der Waals surface area contributed by atoms with Crippen molar-refractivity contribution in [3.63, 3.8) is 0 Å². The van der Waals surface area contributed by atoms with Gasteiger partial charge in [-0.25, -0.2) is 19.6 Å². The van der Waals surface area contributed by atoms with Crippen molar-refractivity contribution < 1.29 is 17.1 Å². The summed E-state index contributed by atoms with van der Waals surface area (Å²) in [5.41, 5.74) is 0. The Hall–Kier alpha value is 0.129. The average Bonchev–Trinajstić information content (AvgIpc) is 0.918. The fourth-order valence-corrected chi connectivity index (χ4v) is 0. The third kappa shape index (κ3) is 2410. The summed E-state index contributed by atoms with van der Waals surface area (Å²) in [4.78, 5) is 0. The van der Waals surface area contributed by atoms with Gasteiger partial charge in [-0.3, -0.25) is 0 Å². The molecule has 0 aliphatic rings. The fraction of sp³-hybridized carbons (Fsp3) is 0. The van der Waals surface area contributed by atoms with Gasteiger partial charge in [0, 0.05) is 17.1 Å². The van der Waals surface area contributed by atoms with Gasteiger partial charge in [-0.15, -0.1) is 0 Å². The van der Waals surface area contributed by atoms with Crippen LogP contribution in [0.5, 0.6) is 0 Å². The summed E-state index contributed by atoms with van der Waals surface area (Å²) in [5, 5.41) is 0. The van der Waals surface area contributed by atoms with E-state index in [1.165, 1.54) is 6.08 Å². The third-order valence-corrected chi connectivity index (χ3v) is 0. The first-order chi connectivity index (χ1) is 1.41. The standard InChI is InChI=1S/C3H5.2CH3.Cu/c1-3-2;;;/h3H,1-2H2;2*1H3;/q3*-1;. The molecule has 0 amide bonds. The van der Waals surface area contributed by atoms with E-state index in [0.717, 1.165) is 0 Å². The first-order valence-corrected chi connectivity index (χ1v) is 0.816. The van der Waals surface area contributed by atoms with Gasteiger partial charge < -0.3 is 14.9 Å². The molecule has 0 aromatic rings. The molecular formula is C5H11Cu-3. The van der Waals surface area contributed by atoms with E-state index in [9.17, 15) is 0 Å². The van der Waals surface area contributed by atoms with Gasteiger partial charge in [0.25, 0.3) is 0 Å². The second kappa shape index (κ2) is 68.6. The van der Waals surface area contributed by atoms with Crippen molar-refractivity contribution in [2.75, 3.05) is 0 Å². The molecule has 0 heterocycles. The molecule has 0 aliphatic carbocycles. The minimum absolute atomic E-state index is 0. The number of allylic oxidation sites excluding steroid dienone is 1. The zero-order chi connectivity index (χ0) is 2.71. The zero-order valence-electron chi connectivity index (χ0n) is 4.29. The molecule has 0 spiro atoms. The normalized spacial score (nSPS) is 2.00. The van der Waals surface area contributed by atoms with Crippen LogP contribution < -0.4 is 0 Å². The first kappa shape index (κ1) is 35.6. The Balaban J connectivity index is -0.00000000667. The van der Waals surface area contributed by atoms with Gasteiger partial charge in [0.1, 0.15) is 0 Å². The number of rotatable bonds is 0. The van der Waals surface area contributed by atoms with Crippen molar-refractivity contribution in [3.05, 3.63) is 34.4 Å². The van der Waals surface area contributed by atoms with E-state index in [-0.39, 0.29) is 31.9 Å². The topological polar surface area (TPSA) is 0 Å². The van der Waals surface area contributed by atoms with Gasteiger partial charge in [-0.05, 0) is 0 Å². The van der Waals surface area contributed by atoms with Crippen LogP contribution >= 0.6 is 0 Å². The van der Waals surface area contributed by atoms with Gasteiger partial charge in [-0.1, -0.05) is 0 Å². The monoisotopic (exact) mass is 134 g/mol. The maximum Gasteiger partial charge on any atom is 0 e. The maximum atomic E-state index is 3.25. The van der Waals surface area contributed by atoms with Crippen LogP contribution in [0, 0.1) is 21.8 Å². The van der Waals surface area contributed by atoms with Crippen LogP contribution in [0.15, 0.2) is 12.7 Å². The van der Waals surface area contributed by atoms with Gasteiger partial charge in [0.05, 0.1) is 0 Å². The van der Waals surface area contributed by atoms with E-state index in [0.29, 0.717) is 0 Å². The predicted molar refractivity (Wildman–Crippen MR) is 28.4 cm³/mol. The molecule has 0 N–H and O–H groups in total. The zero-order valence-corrected chi connectivity index (χ0v) is 5.23. The van der Waals surface area contributed by atoms with Gasteiger partial charge in [0.2, 0.25) is 0 Å². The van der Waals surface area contributed by atoms with Gasteiger partial charge in [0.15, 0.2) is 0 Å². The van der Waals surface area contributed by atoms with E-state index in [2.05, 4.69) is 13.5 Å². The van der Waals surface area contributed by atoms with Crippen molar-refractivity contribution in [1.29, 1.82) is 0 Å². The molecule has 0 rings (SSSR count). The molecule has 0 aromatic carbocycles. The van der Waals surface area contributed by atoms with Crippen LogP contribution in [0.2, 0.25) is 0 Å². The van der Waals surface area contributed by atoms with Crippen LogP contribution in [0.1, 0.15) is 0 Å². The molecule has 1 radical (unpaired) electrons. The summed E-state index contributed by atoms with van der Waals surface area (Å²) in [5.74, 6) is 0. The number of hydrogen-bond acceptors (Lipinski definition) is 0. The molecular weight excluding hydrogens is 124 g/mol. The smallest absolute Gasteiger partial charge is 0 e. The Labute approximate surface area is 52.1 Å². The van der Waals surface area contributed by atoms with E-state index in [4.69, 9.17) is 0 Å². The quantitative estimate of drug-likeness (QED) is 0.351. The molecule has 6 heavy (non-hydrogen) atoms.